The molecule has 1 unspecified atom stereocenters. The molecule has 0 aliphatic carbocycles. The maximum atomic E-state index is 11.3. The molecule has 1 atom stereocenters. The first-order chi connectivity index (χ1) is 9.24. The molecule has 0 aliphatic rings. The van der Waals surface area contributed by atoms with Gasteiger partial charge in [0.05, 0.1) is 32.9 Å². The Kier molecular flexibility index (Phi) is 9.37. The fourth-order valence-electron chi connectivity index (χ4n) is 1.36. The monoisotopic (exact) mass is 327 g/mol. The third kappa shape index (κ3) is 11.1. The zero-order chi connectivity index (χ0) is 17.4. The van der Waals surface area contributed by atoms with E-state index in [1.165, 1.54) is 14.1 Å². The van der Waals surface area contributed by atoms with Gasteiger partial charge in [0.2, 0.25) is 5.37 Å². The molecule has 0 aromatic carbocycles. The summed E-state index contributed by atoms with van der Waals surface area (Å²) >= 11 is 0. The molecule has 0 aromatic rings. The van der Waals surface area contributed by atoms with Crippen LogP contribution in [0.4, 0.5) is 0 Å². The molecular weight excluding hydrogens is 302 g/mol. The average molecular weight is 327 g/mol. The number of carboxylic acids is 2. The van der Waals surface area contributed by atoms with Crippen LogP contribution in [0.2, 0.25) is 0 Å². The van der Waals surface area contributed by atoms with Gasteiger partial charge in [0.1, 0.15) is 6.54 Å². The van der Waals surface area contributed by atoms with E-state index in [1.54, 1.807) is 21.1 Å². The van der Waals surface area contributed by atoms with E-state index >= 15 is 0 Å². The van der Waals surface area contributed by atoms with Crippen molar-refractivity contribution in [3.8, 4) is 0 Å². The minimum atomic E-state index is -3.67. The lowest BCUT2D eigenvalue weighted by Gasteiger charge is -2.23. The Hall–Kier alpha value is -1.23. The summed E-state index contributed by atoms with van der Waals surface area (Å²) in [7, 11) is 4.53. The number of carbonyl (C=O) groups is 2. The largest absolute Gasteiger partial charge is 0.544 e. The van der Waals surface area contributed by atoms with E-state index in [2.05, 4.69) is 0 Å². The molecule has 0 bridgehead atoms. The number of rotatable bonds is 7. The van der Waals surface area contributed by atoms with Crippen molar-refractivity contribution in [1.29, 1.82) is 0 Å². The molecule has 0 aliphatic heterocycles. The number of hydrogen-bond acceptors (Lipinski definition) is 7. The molecule has 0 saturated heterocycles. The van der Waals surface area contributed by atoms with Crippen LogP contribution in [0.25, 0.3) is 0 Å². The molecule has 21 heavy (non-hydrogen) atoms. The summed E-state index contributed by atoms with van der Waals surface area (Å²) in [5.41, 5.74) is 5.06. The molecule has 0 heterocycles. The van der Waals surface area contributed by atoms with E-state index in [4.69, 9.17) is 10.8 Å². The van der Waals surface area contributed by atoms with Crippen molar-refractivity contribution in [3.63, 3.8) is 0 Å². The zero-order valence-corrected chi connectivity index (χ0v) is 13.9. The summed E-state index contributed by atoms with van der Waals surface area (Å²) in [6.45, 7) is -0.0000463. The molecular formula is C11H25N3O6S. The Balaban J connectivity index is 0. The van der Waals surface area contributed by atoms with Crippen LogP contribution in [-0.4, -0.2) is 94.3 Å². The Bertz CT molecular complexity index is 441. The quantitative estimate of drug-likeness (QED) is 0.465. The first kappa shape index (κ1) is 22.1. The second-order valence-corrected chi connectivity index (χ2v) is 7.81. The molecule has 9 nitrogen and oxygen atoms in total. The van der Waals surface area contributed by atoms with Crippen molar-refractivity contribution in [2.24, 2.45) is 5.73 Å². The van der Waals surface area contributed by atoms with Gasteiger partial charge in [-0.15, -0.1) is 0 Å². The highest BCUT2D eigenvalue weighted by molar-refractivity contribution is 7.92. The van der Waals surface area contributed by atoms with Gasteiger partial charge in [0, 0.05) is 6.54 Å². The van der Waals surface area contributed by atoms with Gasteiger partial charge in [-0.2, -0.15) is 0 Å². The van der Waals surface area contributed by atoms with Crippen LogP contribution in [0, 0.1) is 0 Å². The Labute approximate surface area is 125 Å². The van der Waals surface area contributed by atoms with Gasteiger partial charge in [0.15, 0.2) is 9.84 Å². The van der Waals surface area contributed by atoms with Crippen LogP contribution < -0.4 is 10.8 Å². The minimum Gasteiger partial charge on any atom is -0.544 e. The lowest BCUT2D eigenvalue weighted by molar-refractivity contribution is -0.864. The van der Waals surface area contributed by atoms with Gasteiger partial charge in [-0.3, -0.25) is 4.90 Å². The topological polar surface area (TPSA) is 141 Å². The number of quaternary nitrogens is 1. The zero-order valence-electron chi connectivity index (χ0n) is 13.1. The van der Waals surface area contributed by atoms with E-state index in [-0.39, 0.29) is 18.8 Å². The predicted octanol–water partition coefficient (Wildman–Crippen LogP) is -3.23. The van der Waals surface area contributed by atoms with E-state index in [0.717, 1.165) is 4.90 Å². The van der Waals surface area contributed by atoms with E-state index in [9.17, 15) is 23.1 Å². The van der Waals surface area contributed by atoms with Crippen molar-refractivity contribution < 1.29 is 32.7 Å². The lowest BCUT2D eigenvalue weighted by Crippen LogP contribution is -2.45. The van der Waals surface area contributed by atoms with Crippen LogP contribution in [0.3, 0.4) is 0 Å². The Morgan fingerprint density at radius 3 is 1.86 bits per heavy atom. The smallest absolute Gasteiger partial charge is 0.336 e. The maximum Gasteiger partial charge on any atom is 0.336 e. The number of nitrogens with zero attached hydrogens (tertiary/aromatic N) is 2. The SMILES string of the molecule is CN(C)C(C(=O)O)S(=O)(=O)CCN.C[N+](C)(C)CC(=O)[O-]. The summed E-state index contributed by atoms with van der Waals surface area (Å²) in [6.07, 6.45) is 0. The van der Waals surface area contributed by atoms with E-state index < -0.39 is 27.1 Å². The second kappa shape index (κ2) is 8.93. The number of carboxylic acid groups (broad SMARTS) is 2. The number of carbonyl (C=O) groups excluding carboxylic acids is 1. The molecule has 126 valence electrons. The molecule has 0 fully saturated rings. The second-order valence-electron chi connectivity index (χ2n) is 5.63. The van der Waals surface area contributed by atoms with E-state index in [0.29, 0.717) is 4.48 Å². The minimum absolute atomic E-state index is 0.0694. The molecule has 0 rings (SSSR count). The van der Waals surface area contributed by atoms with Gasteiger partial charge in [-0.25, -0.2) is 13.2 Å². The molecule has 0 radical (unpaired) electrons. The number of aliphatic carboxylic acids is 2. The molecule has 10 heteroatoms. The number of likely N-dealkylation sites (N-methyl/N-ethyl adjacent to an activating group) is 2. The van der Waals surface area contributed by atoms with Gasteiger partial charge < -0.3 is 25.2 Å². The van der Waals surface area contributed by atoms with Crippen molar-refractivity contribution in [2.45, 2.75) is 5.37 Å². The van der Waals surface area contributed by atoms with Crippen molar-refractivity contribution in [1.82, 2.24) is 4.90 Å². The average Bonchev–Trinajstić information content (AvgIpc) is 2.10. The first-order valence-corrected chi connectivity index (χ1v) is 7.77. The van der Waals surface area contributed by atoms with Gasteiger partial charge in [-0.05, 0) is 14.1 Å². The highest BCUT2D eigenvalue weighted by Gasteiger charge is 2.33. The normalized spacial score (nSPS) is 13.3. The predicted molar refractivity (Wildman–Crippen MR) is 75.9 cm³/mol. The number of hydrogen-bond donors (Lipinski definition) is 2. The highest BCUT2D eigenvalue weighted by atomic mass is 32.2. The standard InChI is InChI=1S/C6H14N2O4S.C5H11NO2/c1-8(2)5(6(9)10)13(11,12)4-3-7;1-6(2,3)4-5(7)8/h5H,3-4,7H2,1-2H3,(H,9,10);4H2,1-3H3. The third-order valence-electron chi connectivity index (χ3n) is 2.03. The van der Waals surface area contributed by atoms with Crippen LogP contribution in [-0.2, 0) is 19.4 Å². The molecule has 0 saturated carbocycles. The Morgan fingerprint density at radius 2 is 1.71 bits per heavy atom. The molecule has 0 amide bonds. The molecule has 0 spiro atoms. The summed E-state index contributed by atoms with van der Waals surface area (Å²) in [4.78, 5) is 21.6. The maximum absolute atomic E-state index is 11.3. The fourth-order valence-corrected chi connectivity index (χ4v) is 2.86. The summed E-state index contributed by atoms with van der Waals surface area (Å²) in [5, 5.41) is 17.0. The molecule has 3 N–H and O–H groups in total. The number of sulfone groups is 1. The highest BCUT2D eigenvalue weighted by Crippen LogP contribution is 2.05. The van der Waals surface area contributed by atoms with Crippen molar-refractivity contribution in [3.05, 3.63) is 0 Å². The van der Waals surface area contributed by atoms with Crippen LogP contribution in [0.15, 0.2) is 0 Å². The number of nitrogens with two attached hydrogens (primary N) is 1. The van der Waals surface area contributed by atoms with Crippen LogP contribution in [0.5, 0.6) is 0 Å². The summed E-state index contributed by atoms with van der Waals surface area (Å²) in [6, 6.07) is 0. The molecule has 0 aromatic heterocycles. The summed E-state index contributed by atoms with van der Waals surface area (Å²) < 4.78 is 23.0. The third-order valence-corrected chi connectivity index (χ3v) is 4.13. The lowest BCUT2D eigenvalue weighted by atomic mass is 10.5. The first-order valence-electron chi connectivity index (χ1n) is 6.05. The van der Waals surface area contributed by atoms with Gasteiger partial charge in [-0.1, -0.05) is 0 Å². The van der Waals surface area contributed by atoms with Crippen LogP contribution in [0.1, 0.15) is 0 Å². The fraction of sp³-hybridized carbons (Fsp3) is 0.818. The van der Waals surface area contributed by atoms with Crippen LogP contribution >= 0.6 is 0 Å². The summed E-state index contributed by atoms with van der Waals surface area (Å²) in [5.74, 6) is -2.70. The Morgan fingerprint density at radius 1 is 1.29 bits per heavy atom. The van der Waals surface area contributed by atoms with E-state index in [1.807, 2.05) is 0 Å². The van der Waals surface area contributed by atoms with Crippen molar-refractivity contribution >= 4 is 21.8 Å². The van der Waals surface area contributed by atoms with Crippen molar-refractivity contribution in [2.75, 3.05) is 54.1 Å². The van der Waals surface area contributed by atoms with Gasteiger partial charge in [0.25, 0.3) is 0 Å². The van der Waals surface area contributed by atoms with Gasteiger partial charge >= 0.3 is 5.97 Å².